The van der Waals surface area contributed by atoms with E-state index in [1.54, 1.807) is 21.3 Å². The highest BCUT2D eigenvalue weighted by Gasteiger charge is 2.30. The Morgan fingerprint density at radius 3 is 2.61 bits per heavy atom. The van der Waals surface area contributed by atoms with Crippen LogP contribution in [0.4, 0.5) is 18.9 Å². The summed E-state index contributed by atoms with van der Waals surface area (Å²) in [5, 5.41) is 15.9. The van der Waals surface area contributed by atoms with E-state index >= 15 is 0 Å². The maximum atomic E-state index is 12.9. The first-order valence-corrected chi connectivity index (χ1v) is 10.8. The van der Waals surface area contributed by atoms with Crippen LogP contribution in [0.1, 0.15) is 5.56 Å². The molecule has 0 unspecified atom stereocenters. The van der Waals surface area contributed by atoms with Crippen molar-refractivity contribution in [2.45, 2.75) is 11.3 Å². The third-order valence-corrected chi connectivity index (χ3v) is 5.80. The van der Waals surface area contributed by atoms with E-state index in [9.17, 15) is 18.0 Å². The van der Waals surface area contributed by atoms with Gasteiger partial charge in [-0.2, -0.15) is 18.3 Å². The number of aromatic nitrogens is 5. The number of anilines is 1. The molecule has 0 saturated carbocycles. The van der Waals surface area contributed by atoms with E-state index in [-0.39, 0.29) is 11.4 Å². The van der Waals surface area contributed by atoms with Crippen molar-refractivity contribution in [3.05, 3.63) is 78.6 Å². The molecule has 1 N–H and O–H groups in total. The lowest BCUT2D eigenvalue weighted by molar-refractivity contribution is -0.137. The molecule has 11 heteroatoms. The highest BCUT2D eigenvalue weighted by Crippen LogP contribution is 2.31. The fraction of sp³-hybridized carbons (Fsp3) is 0.0909. The molecule has 166 valence electrons. The molecule has 0 aliphatic heterocycles. The Morgan fingerprint density at radius 1 is 1.00 bits per heavy atom. The maximum absolute atomic E-state index is 12.9. The molecule has 5 rings (SSSR count). The molecule has 0 saturated heterocycles. The number of hydrogen-bond acceptors (Lipinski definition) is 5. The fourth-order valence-electron chi connectivity index (χ4n) is 3.34. The van der Waals surface area contributed by atoms with Crippen LogP contribution < -0.4 is 5.32 Å². The molecule has 0 atom stereocenters. The molecule has 7 nitrogen and oxygen atoms in total. The number of carbonyl (C=O) groups is 1. The average molecular weight is 468 g/mol. The molecule has 3 aromatic heterocycles. The summed E-state index contributed by atoms with van der Waals surface area (Å²) in [7, 11) is 0. The first kappa shape index (κ1) is 21.0. The van der Waals surface area contributed by atoms with Gasteiger partial charge in [-0.15, -0.1) is 10.2 Å². The van der Waals surface area contributed by atoms with Crippen molar-refractivity contribution < 1.29 is 18.0 Å². The molecule has 0 fully saturated rings. The van der Waals surface area contributed by atoms with Crippen molar-refractivity contribution in [2.24, 2.45) is 0 Å². The van der Waals surface area contributed by atoms with Crippen molar-refractivity contribution in [3.8, 4) is 11.3 Å². The minimum Gasteiger partial charge on any atom is -0.325 e. The van der Waals surface area contributed by atoms with Crippen molar-refractivity contribution >= 4 is 34.5 Å². The van der Waals surface area contributed by atoms with E-state index in [4.69, 9.17) is 0 Å². The Kier molecular flexibility index (Phi) is 5.25. The van der Waals surface area contributed by atoms with Crippen LogP contribution in [0.2, 0.25) is 0 Å². The zero-order valence-electron chi connectivity index (χ0n) is 16.8. The number of alkyl halides is 3. The quantitative estimate of drug-likeness (QED) is 0.375. The van der Waals surface area contributed by atoms with Gasteiger partial charge >= 0.3 is 6.18 Å². The van der Waals surface area contributed by atoms with Crippen LogP contribution in [-0.4, -0.2) is 35.9 Å². The van der Waals surface area contributed by atoms with Crippen LogP contribution >= 0.6 is 11.8 Å². The zero-order valence-corrected chi connectivity index (χ0v) is 17.6. The molecule has 0 radical (unpaired) electrons. The highest BCUT2D eigenvalue weighted by molar-refractivity contribution is 7.99. The first-order chi connectivity index (χ1) is 15.9. The largest absolute Gasteiger partial charge is 0.416 e. The summed E-state index contributed by atoms with van der Waals surface area (Å²) >= 11 is 1.13. The number of benzene rings is 2. The fourth-order valence-corrected chi connectivity index (χ4v) is 4.06. The summed E-state index contributed by atoms with van der Waals surface area (Å²) < 4.78 is 42.0. The SMILES string of the molecule is O=C(CSc1nnc2c3cc(-c4ccccc4)nn3ccn12)Nc1cccc(C(F)(F)F)c1. The lowest BCUT2D eigenvalue weighted by atomic mass is 10.1. The summed E-state index contributed by atoms with van der Waals surface area (Å²) in [5.74, 6) is -0.496. The number of thioether (sulfide) groups is 1. The number of halogens is 3. The lowest BCUT2D eigenvalue weighted by Gasteiger charge is -2.09. The second-order valence-corrected chi connectivity index (χ2v) is 8.06. The lowest BCUT2D eigenvalue weighted by Crippen LogP contribution is -2.15. The predicted molar refractivity (Wildman–Crippen MR) is 118 cm³/mol. The second-order valence-electron chi connectivity index (χ2n) is 7.12. The number of nitrogens with zero attached hydrogens (tertiary/aromatic N) is 5. The van der Waals surface area contributed by atoms with Gasteiger partial charge in [-0.3, -0.25) is 9.20 Å². The van der Waals surface area contributed by atoms with Crippen molar-refractivity contribution in [3.63, 3.8) is 0 Å². The summed E-state index contributed by atoms with van der Waals surface area (Å²) in [4.78, 5) is 12.3. The maximum Gasteiger partial charge on any atom is 0.416 e. The zero-order chi connectivity index (χ0) is 23.0. The van der Waals surface area contributed by atoms with Gasteiger partial charge in [0.2, 0.25) is 5.91 Å². The molecule has 1 amide bonds. The molecule has 3 heterocycles. The highest BCUT2D eigenvalue weighted by atomic mass is 32.2. The third kappa shape index (κ3) is 4.27. The first-order valence-electron chi connectivity index (χ1n) is 9.77. The van der Waals surface area contributed by atoms with Crippen molar-refractivity contribution in [1.82, 2.24) is 24.2 Å². The van der Waals surface area contributed by atoms with Gasteiger partial charge in [0.25, 0.3) is 0 Å². The Balaban J connectivity index is 1.33. The van der Waals surface area contributed by atoms with Crippen LogP contribution in [-0.2, 0) is 11.0 Å². The van der Waals surface area contributed by atoms with Crippen LogP contribution in [0.3, 0.4) is 0 Å². The van der Waals surface area contributed by atoms with E-state index in [0.717, 1.165) is 40.7 Å². The number of amides is 1. The molecule has 0 aliphatic rings. The van der Waals surface area contributed by atoms with E-state index in [1.807, 2.05) is 36.4 Å². The predicted octanol–water partition coefficient (Wildman–Crippen LogP) is 4.79. The molecule has 2 aromatic carbocycles. The van der Waals surface area contributed by atoms with Gasteiger partial charge in [-0.25, -0.2) is 4.52 Å². The molecule has 33 heavy (non-hydrogen) atoms. The van der Waals surface area contributed by atoms with Crippen molar-refractivity contribution in [1.29, 1.82) is 0 Å². The van der Waals surface area contributed by atoms with Gasteiger partial charge < -0.3 is 5.32 Å². The Hall–Kier alpha value is -3.86. The third-order valence-electron chi connectivity index (χ3n) is 4.86. The minimum absolute atomic E-state index is 0.0449. The standard InChI is InChI=1S/C22H15F3N6OS/c23-22(24,25)15-7-4-8-16(11-15)26-19(32)13-33-21-28-27-20-18-12-17(14-5-2-1-3-6-14)29-31(18)10-9-30(20)21/h1-12H,13H2,(H,26,32). The second kappa shape index (κ2) is 8.24. The summed E-state index contributed by atoms with van der Waals surface area (Å²) in [6, 6.07) is 16.2. The van der Waals surface area contributed by atoms with Crippen molar-refractivity contribution in [2.75, 3.05) is 11.1 Å². The van der Waals surface area contributed by atoms with E-state index in [1.165, 1.54) is 12.1 Å². The van der Waals surface area contributed by atoms with E-state index in [0.29, 0.717) is 10.8 Å². The Bertz CT molecular complexity index is 1460. The minimum atomic E-state index is -4.48. The molecule has 0 bridgehead atoms. The summed E-state index contributed by atoms with van der Waals surface area (Å²) in [6.07, 6.45) is -0.961. The topological polar surface area (TPSA) is 76.6 Å². The molecule has 5 aromatic rings. The Morgan fingerprint density at radius 2 is 1.82 bits per heavy atom. The number of carbonyl (C=O) groups excluding carboxylic acids is 1. The smallest absolute Gasteiger partial charge is 0.325 e. The van der Waals surface area contributed by atoms with Gasteiger partial charge in [0.15, 0.2) is 10.8 Å². The van der Waals surface area contributed by atoms with Gasteiger partial charge in [-0.1, -0.05) is 48.2 Å². The molecular weight excluding hydrogens is 453 g/mol. The van der Waals surface area contributed by atoms with E-state index < -0.39 is 17.6 Å². The number of hydrogen-bond donors (Lipinski definition) is 1. The van der Waals surface area contributed by atoms with Crippen LogP contribution in [0.5, 0.6) is 0 Å². The molecular formula is C22H15F3N6OS. The van der Waals surface area contributed by atoms with Gasteiger partial charge in [0, 0.05) is 23.6 Å². The molecule has 0 spiro atoms. The number of fused-ring (bicyclic) bond motifs is 3. The van der Waals surface area contributed by atoms with Crippen LogP contribution in [0, 0.1) is 0 Å². The van der Waals surface area contributed by atoms with Crippen LogP contribution in [0.25, 0.3) is 22.4 Å². The summed E-state index contributed by atoms with van der Waals surface area (Å²) in [5.41, 5.74) is 2.35. The number of nitrogens with one attached hydrogen (secondary N) is 1. The number of rotatable bonds is 5. The molecule has 0 aliphatic carbocycles. The Labute approximate surface area is 189 Å². The normalized spacial score (nSPS) is 11.8. The monoisotopic (exact) mass is 468 g/mol. The van der Waals surface area contributed by atoms with Gasteiger partial charge in [0.05, 0.1) is 17.0 Å². The van der Waals surface area contributed by atoms with E-state index in [2.05, 4.69) is 20.6 Å². The average Bonchev–Trinajstić information content (AvgIpc) is 3.42. The van der Waals surface area contributed by atoms with Gasteiger partial charge in [-0.05, 0) is 24.3 Å². The summed E-state index contributed by atoms with van der Waals surface area (Å²) in [6.45, 7) is 0. The van der Waals surface area contributed by atoms with Crippen LogP contribution in [0.15, 0.2) is 78.2 Å². The van der Waals surface area contributed by atoms with Gasteiger partial charge in [0.1, 0.15) is 5.52 Å².